The number of ketones is 1. The number of amides is 1. The summed E-state index contributed by atoms with van der Waals surface area (Å²) >= 11 is 0. The van der Waals surface area contributed by atoms with Gasteiger partial charge in [0.15, 0.2) is 0 Å². The number of aromatic nitrogens is 1. The van der Waals surface area contributed by atoms with E-state index in [2.05, 4.69) is 10.3 Å². The summed E-state index contributed by atoms with van der Waals surface area (Å²) in [7, 11) is 1.55. The number of ether oxygens (including phenoxy) is 2. The van der Waals surface area contributed by atoms with Crippen molar-refractivity contribution in [1.82, 2.24) is 10.3 Å². The normalized spacial score (nSPS) is 16.7. The number of methoxy groups -OCH3 is 1. The maximum atomic E-state index is 13.5. The van der Waals surface area contributed by atoms with Crippen LogP contribution in [0.15, 0.2) is 60.9 Å². The average Bonchev–Trinajstić information content (AvgIpc) is 3.00. The molecule has 0 bridgehead atoms. The fourth-order valence-corrected chi connectivity index (χ4v) is 5.40. The van der Waals surface area contributed by atoms with E-state index >= 15 is 0 Å². The van der Waals surface area contributed by atoms with Gasteiger partial charge in [-0.3, -0.25) is 14.6 Å². The lowest BCUT2D eigenvalue weighted by Crippen LogP contribution is -2.27. The lowest BCUT2D eigenvalue weighted by molar-refractivity contribution is -0.121. The Hall–Kier alpha value is -4.66. The average molecular weight is 601 g/mol. The Morgan fingerprint density at radius 1 is 1.09 bits per heavy atom. The molecule has 232 valence electrons. The molecule has 4 rings (SSSR count). The summed E-state index contributed by atoms with van der Waals surface area (Å²) in [4.78, 5) is 42.9. The first-order chi connectivity index (χ1) is 21.3. The quantitative estimate of drug-likeness (QED) is 0.274. The monoisotopic (exact) mass is 600 g/mol. The third-order valence-electron chi connectivity index (χ3n) is 7.79. The summed E-state index contributed by atoms with van der Waals surface area (Å²) in [6.07, 6.45) is 10.1. The number of fused-ring (bicyclic) bond motifs is 1. The Balaban J connectivity index is 1.70. The predicted octanol–water partition coefficient (Wildman–Crippen LogP) is 5.86. The van der Waals surface area contributed by atoms with E-state index in [9.17, 15) is 24.6 Å². The fourth-order valence-electron chi connectivity index (χ4n) is 5.40. The highest BCUT2D eigenvalue weighted by molar-refractivity contribution is 5.98. The Kier molecular flexibility index (Phi) is 11.5. The highest BCUT2D eigenvalue weighted by Gasteiger charge is 2.31. The molecule has 0 aliphatic carbocycles. The van der Waals surface area contributed by atoms with Gasteiger partial charge in [0.25, 0.3) is 0 Å². The molecule has 9 nitrogen and oxygen atoms in total. The molecule has 2 heterocycles. The van der Waals surface area contributed by atoms with Crippen LogP contribution in [0.3, 0.4) is 0 Å². The van der Waals surface area contributed by atoms with E-state index in [-0.39, 0.29) is 35.0 Å². The van der Waals surface area contributed by atoms with Crippen LogP contribution >= 0.6 is 0 Å². The van der Waals surface area contributed by atoms with Crippen molar-refractivity contribution in [3.8, 4) is 17.2 Å². The Morgan fingerprint density at radius 3 is 2.55 bits per heavy atom. The minimum atomic E-state index is -0.791. The summed E-state index contributed by atoms with van der Waals surface area (Å²) in [5.74, 6) is -1.72. The molecule has 3 N–H and O–H groups in total. The van der Waals surface area contributed by atoms with E-state index in [0.717, 1.165) is 5.56 Å². The number of rotatable bonds is 8. The van der Waals surface area contributed by atoms with Crippen LogP contribution in [0.4, 0.5) is 0 Å². The highest BCUT2D eigenvalue weighted by atomic mass is 16.5. The molecular weight excluding hydrogens is 560 g/mol. The van der Waals surface area contributed by atoms with E-state index in [1.165, 1.54) is 6.07 Å². The molecule has 1 aliphatic rings. The van der Waals surface area contributed by atoms with Gasteiger partial charge in [-0.1, -0.05) is 24.3 Å². The molecule has 1 amide bonds. The first kappa shape index (κ1) is 32.3. The Bertz CT molecular complexity index is 1470. The second-order valence-corrected chi connectivity index (χ2v) is 11.0. The van der Waals surface area contributed by atoms with Gasteiger partial charge < -0.3 is 25.0 Å². The number of carbonyl (C=O) groups is 3. The second kappa shape index (κ2) is 15.7. The third-order valence-corrected chi connectivity index (χ3v) is 7.79. The van der Waals surface area contributed by atoms with Crippen LogP contribution in [0.1, 0.15) is 90.4 Å². The van der Waals surface area contributed by atoms with Crippen LogP contribution in [0, 0.1) is 0 Å². The summed E-state index contributed by atoms with van der Waals surface area (Å²) in [5.41, 5.74) is 1.94. The summed E-state index contributed by atoms with van der Waals surface area (Å²) in [6.45, 7) is 2.14. The third kappa shape index (κ3) is 8.69. The van der Waals surface area contributed by atoms with Gasteiger partial charge in [-0.15, -0.1) is 0 Å². The number of hydrogen-bond donors (Lipinski definition) is 3. The second-order valence-electron chi connectivity index (χ2n) is 11.0. The molecule has 44 heavy (non-hydrogen) atoms. The lowest BCUT2D eigenvalue weighted by atomic mass is 9.84. The molecule has 0 saturated carbocycles. The smallest absolute Gasteiger partial charge is 0.342 e. The molecule has 0 saturated heterocycles. The molecule has 2 unspecified atom stereocenters. The molecular formula is C35H40N2O7. The number of pyridine rings is 1. The maximum Gasteiger partial charge on any atom is 0.342 e. The number of hydrogen-bond acceptors (Lipinski definition) is 8. The Morgan fingerprint density at radius 2 is 1.82 bits per heavy atom. The van der Waals surface area contributed by atoms with Gasteiger partial charge in [0.1, 0.15) is 28.6 Å². The summed E-state index contributed by atoms with van der Waals surface area (Å²) in [5, 5.41) is 25.9. The van der Waals surface area contributed by atoms with Crippen molar-refractivity contribution in [2.24, 2.45) is 0 Å². The minimum absolute atomic E-state index is 0.0583. The molecule has 2 aromatic carbocycles. The number of phenols is 2. The van der Waals surface area contributed by atoms with Crippen LogP contribution < -0.4 is 10.1 Å². The first-order valence-corrected chi connectivity index (χ1v) is 15.0. The lowest BCUT2D eigenvalue weighted by Gasteiger charge is -2.23. The Labute approximate surface area is 257 Å². The largest absolute Gasteiger partial charge is 0.507 e. The molecule has 9 heteroatoms. The molecule has 1 aromatic heterocycles. The maximum absolute atomic E-state index is 13.5. The van der Waals surface area contributed by atoms with Gasteiger partial charge in [0, 0.05) is 49.7 Å². The topological polar surface area (TPSA) is 135 Å². The van der Waals surface area contributed by atoms with Crippen LogP contribution in [0.25, 0.3) is 6.08 Å². The van der Waals surface area contributed by atoms with Crippen molar-refractivity contribution in [3.63, 3.8) is 0 Å². The van der Waals surface area contributed by atoms with Gasteiger partial charge in [0.2, 0.25) is 5.91 Å². The number of benzene rings is 2. The van der Waals surface area contributed by atoms with Crippen molar-refractivity contribution >= 4 is 23.7 Å². The van der Waals surface area contributed by atoms with Gasteiger partial charge in [-0.05, 0) is 86.1 Å². The van der Waals surface area contributed by atoms with E-state index < -0.39 is 23.7 Å². The van der Waals surface area contributed by atoms with Crippen molar-refractivity contribution in [2.45, 2.75) is 70.3 Å². The van der Waals surface area contributed by atoms with Crippen molar-refractivity contribution in [2.75, 3.05) is 13.7 Å². The van der Waals surface area contributed by atoms with Crippen molar-refractivity contribution in [3.05, 3.63) is 88.8 Å². The fraction of sp³-hybridized carbons (Fsp3) is 0.371. The van der Waals surface area contributed by atoms with Gasteiger partial charge in [-0.2, -0.15) is 0 Å². The number of nitrogens with zero attached hydrogens (tertiary/aromatic N) is 1. The number of carbonyl (C=O) groups excluding carboxylic acids is 3. The standard InChI is InChI=1S/C35H40N2O7/c1-23-7-6-10-27(38)9-5-3-4-8-26-21-30(39)33(34(41)32(26)35(42)44-23)29(25-11-13-28(43-2)14-12-25)22-31(40)37-20-17-24-15-18-36-19-16-24/h4,8,11-16,18-19,21,23,29,39,41H,3,5-7,9-10,17,20,22H2,1-2H3,(H,37,40). The van der Waals surface area contributed by atoms with Gasteiger partial charge in [-0.25, -0.2) is 4.79 Å². The van der Waals surface area contributed by atoms with Gasteiger partial charge in [0.05, 0.1) is 13.2 Å². The number of cyclic esters (lactones) is 1. The summed E-state index contributed by atoms with van der Waals surface area (Å²) in [6, 6.07) is 12.2. The predicted molar refractivity (Wildman–Crippen MR) is 167 cm³/mol. The van der Waals surface area contributed by atoms with Crippen LogP contribution in [0.2, 0.25) is 0 Å². The van der Waals surface area contributed by atoms with Crippen LogP contribution in [-0.2, 0) is 20.7 Å². The first-order valence-electron chi connectivity index (χ1n) is 15.0. The van der Waals surface area contributed by atoms with E-state index in [0.29, 0.717) is 68.4 Å². The zero-order valence-electron chi connectivity index (χ0n) is 25.3. The molecule has 0 fully saturated rings. The molecule has 3 aromatic rings. The number of allylic oxidation sites excluding steroid dienone is 1. The zero-order valence-corrected chi connectivity index (χ0v) is 25.3. The van der Waals surface area contributed by atoms with Crippen molar-refractivity contribution < 1.29 is 34.1 Å². The molecule has 0 radical (unpaired) electrons. The van der Waals surface area contributed by atoms with Crippen LogP contribution in [-0.4, -0.2) is 52.6 Å². The molecule has 0 spiro atoms. The zero-order chi connectivity index (χ0) is 31.5. The highest BCUT2D eigenvalue weighted by Crippen LogP contribution is 2.44. The minimum Gasteiger partial charge on any atom is -0.507 e. The van der Waals surface area contributed by atoms with Crippen molar-refractivity contribution in [1.29, 1.82) is 0 Å². The molecule has 2 atom stereocenters. The van der Waals surface area contributed by atoms with Crippen LogP contribution in [0.5, 0.6) is 17.2 Å². The van der Waals surface area contributed by atoms with E-state index in [1.54, 1.807) is 56.8 Å². The van der Waals surface area contributed by atoms with E-state index in [4.69, 9.17) is 9.47 Å². The number of aromatic hydroxyl groups is 2. The number of phenolic OH excluding ortho intramolecular Hbond substituents is 2. The summed E-state index contributed by atoms with van der Waals surface area (Å²) < 4.78 is 11.0. The SMILES string of the molecule is COc1ccc(C(CC(=O)NCCc2ccncc2)c2c(O)cc3c(c2O)C(=O)OC(C)CCCC(=O)CCCC=C3)cc1. The number of nitrogens with one attached hydrogen (secondary N) is 1. The number of esters is 1. The van der Waals surface area contributed by atoms with Gasteiger partial charge >= 0.3 is 5.97 Å². The molecule has 1 aliphatic heterocycles. The number of Topliss-reactive ketones (excluding diaryl/α,β-unsaturated/α-hetero) is 1. The van der Waals surface area contributed by atoms with E-state index in [1.807, 2.05) is 18.2 Å².